The number of carbonyl (C=O) groups is 1. The van der Waals surface area contributed by atoms with Crippen molar-refractivity contribution in [2.24, 2.45) is 11.5 Å². The van der Waals surface area contributed by atoms with Crippen molar-refractivity contribution in [2.75, 3.05) is 13.1 Å². The van der Waals surface area contributed by atoms with E-state index in [-0.39, 0.29) is 18.0 Å². The van der Waals surface area contributed by atoms with E-state index in [0.717, 1.165) is 19.5 Å². The maximum absolute atomic E-state index is 10.7. The second-order valence-corrected chi connectivity index (χ2v) is 3.12. The van der Waals surface area contributed by atoms with E-state index in [4.69, 9.17) is 11.5 Å². The lowest BCUT2D eigenvalue weighted by atomic mass is 10.3. The maximum atomic E-state index is 10.7. The van der Waals surface area contributed by atoms with Crippen LogP contribution in [0, 0.1) is 0 Å². The molecule has 1 fully saturated rings. The van der Waals surface area contributed by atoms with Crippen LogP contribution in [0.2, 0.25) is 0 Å². The van der Waals surface area contributed by atoms with E-state index < -0.39 is 0 Å². The van der Waals surface area contributed by atoms with Gasteiger partial charge in [0.1, 0.15) is 0 Å². The predicted molar refractivity (Wildman–Crippen MR) is 42.8 cm³/mol. The Morgan fingerprint density at radius 1 is 1.73 bits per heavy atom. The Morgan fingerprint density at radius 3 is 2.73 bits per heavy atom. The topological polar surface area (TPSA) is 72.4 Å². The summed E-state index contributed by atoms with van der Waals surface area (Å²) in [5.74, 6) is -0.265. The van der Waals surface area contributed by atoms with Crippen molar-refractivity contribution in [2.45, 2.75) is 25.4 Å². The highest BCUT2D eigenvalue weighted by Gasteiger charge is 2.25. The number of rotatable bonds is 2. The summed E-state index contributed by atoms with van der Waals surface area (Å²) in [7, 11) is 0. The molecule has 2 unspecified atom stereocenters. The predicted octanol–water partition coefficient (Wildman–Crippen LogP) is -1.11. The molecule has 1 saturated heterocycles. The van der Waals surface area contributed by atoms with Crippen LogP contribution in [0.3, 0.4) is 0 Å². The molecule has 1 rings (SSSR count). The zero-order chi connectivity index (χ0) is 8.43. The van der Waals surface area contributed by atoms with E-state index in [1.165, 1.54) is 0 Å². The number of amides is 1. The molecule has 0 aromatic heterocycles. The first-order chi connectivity index (χ1) is 5.11. The fraction of sp³-hybridized carbons (Fsp3) is 0.857. The molecule has 1 heterocycles. The third kappa shape index (κ3) is 1.91. The molecule has 0 spiro atoms. The quantitative estimate of drug-likeness (QED) is 0.534. The first-order valence-electron chi connectivity index (χ1n) is 3.90. The molecule has 0 aromatic carbocycles. The molecule has 1 amide bonds. The van der Waals surface area contributed by atoms with E-state index in [1.807, 2.05) is 11.8 Å². The summed E-state index contributed by atoms with van der Waals surface area (Å²) in [5.41, 5.74) is 10.8. The summed E-state index contributed by atoms with van der Waals surface area (Å²) in [6.45, 7) is 3.51. The third-order valence-corrected chi connectivity index (χ3v) is 2.22. The molecule has 1 aliphatic heterocycles. The molecule has 1 aliphatic rings. The summed E-state index contributed by atoms with van der Waals surface area (Å²) in [6.07, 6.45) is 0.970. The summed E-state index contributed by atoms with van der Waals surface area (Å²) in [5, 5.41) is 0. The lowest BCUT2D eigenvalue weighted by molar-refractivity contribution is -0.122. The normalized spacial score (nSPS) is 28.7. The van der Waals surface area contributed by atoms with E-state index in [2.05, 4.69) is 0 Å². The van der Waals surface area contributed by atoms with Gasteiger partial charge in [0, 0.05) is 19.1 Å². The van der Waals surface area contributed by atoms with Crippen molar-refractivity contribution in [1.29, 1.82) is 0 Å². The van der Waals surface area contributed by atoms with Crippen LogP contribution in [-0.2, 0) is 4.79 Å². The molecule has 64 valence electrons. The van der Waals surface area contributed by atoms with Crippen LogP contribution in [0.15, 0.2) is 0 Å². The van der Waals surface area contributed by atoms with Gasteiger partial charge in [0.05, 0.1) is 6.04 Å². The van der Waals surface area contributed by atoms with Crippen molar-refractivity contribution < 1.29 is 4.79 Å². The van der Waals surface area contributed by atoms with Crippen LogP contribution in [-0.4, -0.2) is 36.0 Å². The van der Waals surface area contributed by atoms with Crippen molar-refractivity contribution >= 4 is 5.91 Å². The number of nitrogens with zero attached hydrogens (tertiary/aromatic N) is 1. The smallest absolute Gasteiger partial charge is 0.234 e. The fourth-order valence-corrected chi connectivity index (χ4v) is 1.35. The third-order valence-electron chi connectivity index (χ3n) is 2.22. The number of carbonyl (C=O) groups excluding carboxylic acids is 1. The molecule has 0 saturated carbocycles. The van der Waals surface area contributed by atoms with Crippen LogP contribution >= 0.6 is 0 Å². The van der Waals surface area contributed by atoms with Gasteiger partial charge >= 0.3 is 0 Å². The summed E-state index contributed by atoms with van der Waals surface area (Å²) >= 11 is 0. The monoisotopic (exact) mass is 157 g/mol. The Bertz CT molecular complexity index is 160. The van der Waals surface area contributed by atoms with Gasteiger partial charge in [0.2, 0.25) is 5.91 Å². The van der Waals surface area contributed by atoms with Gasteiger partial charge in [0.15, 0.2) is 0 Å². The Balaban J connectivity index is 2.43. The average Bonchev–Trinajstić information content (AvgIpc) is 2.34. The van der Waals surface area contributed by atoms with Crippen molar-refractivity contribution in [1.82, 2.24) is 4.90 Å². The van der Waals surface area contributed by atoms with Gasteiger partial charge < -0.3 is 11.5 Å². The van der Waals surface area contributed by atoms with Crippen LogP contribution in [0.25, 0.3) is 0 Å². The lowest BCUT2D eigenvalue weighted by Crippen LogP contribution is -2.42. The SMILES string of the molecule is CC(C(N)=O)N1CCC(N)C1. The van der Waals surface area contributed by atoms with Crippen LogP contribution in [0.1, 0.15) is 13.3 Å². The molecule has 2 atom stereocenters. The Morgan fingerprint density at radius 2 is 2.36 bits per heavy atom. The fourth-order valence-electron chi connectivity index (χ4n) is 1.35. The first-order valence-corrected chi connectivity index (χ1v) is 3.90. The second-order valence-electron chi connectivity index (χ2n) is 3.12. The van der Waals surface area contributed by atoms with Gasteiger partial charge in [-0.05, 0) is 13.3 Å². The largest absolute Gasteiger partial charge is 0.368 e. The summed E-state index contributed by atoms with van der Waals surface area (Å²) < 4.78 is 0. The number of primary amides is 1. The highest BCUT2D eigenvalue weighted by Crippen LogP contribution is 2.10. The number of hydrogen-bond donors (Lipinski definition) is 2. The molecule has 4 N–H and O–H groups in total. The molecular formula is C7H15N3O. The van der Waals surface area contributed by atoms with Gasteiger partial charge in [0.25, 0.3) is 0 Å². The molecule has 11 heavy (non-hydrogen) atoms. The van der Waals surface area contributed by atoms with Gasteiger partial charge in [-0.2, -0.15) is 0 Å². The molecule has 0 radical (unpaired) electrons. The van der Waals surface area contributed by atoms with E-state index in [9.17, 15) is 4.79 Å². The summed E-state index contributed by atoms with van der Waals surface area (Å²) in [6, 6.07) is 0.0559. The lowest BCUT2D eigenvalue weighted by Gasteiger charge is -2.20. The summed E-state index contributed by atoms with van der Waals surface area (Å²) in [4.78, 5) is 12.8. The number of hydrogen-bond acceptors (Lipinski definition) is 3. The van der Waals surface area contributed by atoms with E-state index in [0.29, 0.717) is 0 Å². The Labute approximate surface area is 66.5 Å². The zero-order valence-electron chi connectivity index (χ0n) is 6.79. The molecule has 4 nitrogen and oxygen atoms in total. The second kappa shape index (κ2) is 3.19. The van der Waals surface area contributed by atoms with Crippen LogP contribution in [0.5, 0.6) is 0 Å². The standard InChI is InChI=1S/C7H15N3O/c1-5(7(9)11)10-3-2-6(8)4-10/h5-6H,2-4,8H2,1H3,(H2,9,11). The molecule has 0 aromatic rings. The maximum Gasteiger partial charge on any atom is 0.234 e. The van der Waals surface area contributed by atoms with Crippen LogP contribution in [0.4, 0.5) is 0 Å². The zero-order valence-corrected chi connectivity index (χ0v) is 6.79. The molecular weight excluding hydrogens is 142 g/mol. The molecule has 4 heteroatoms. The van der Waals surface area contributed by atoms with Gasteiger partial charge in [-0.15, -0.1) is 0 Å². The van der Waals surface area contributed by atoms with Gasteiger partial charge in [-0.25, -0.2) is 0 Å². The van der Waals surface area contributed by atoms with Crippen LogP contribution < -0.4 is 11.5 Å². The van der Waals surface area contributed by atoms with Crippen molar-refractivity contribution in [3.8, 4) is 0 Å². The first kappa shape index (κ1) is 8.49. The Kier molecular flexibility index (Phi) is 2.46. The average molecular weight is 157 g/mol. The van der Waals surface area contributed by atoms with Gasteiger partial charge in [-0.3, -0.25) is 9.69 Å². The highest BCUT2D eigenvalue weighted by atomic mass is 16.1. The van der Waals surface area contributed by atoms with E-state index in [1.54, 1.807) is 0 Å². The number of likely N-dealkylation sites (tertiary alicyclic amines) is 1. The minimum atomic E-state index is -0.265. The minimum Gasteiger partial charge on any atom is -0.368 e. The minimum absolute atomic E-state index is 0.163. The van der Waals surface area contributed by atoms with Gasteiger partial charge in [-0.1, -0.05) is 0 Å². The van der Waals surface area contributed by atoms with E-state index >= 15 is 0 Å². The number of nitrogens with two attached hydrogens (primary N) is 2. The highest BCUT2D eigenvalue weighted by molar-refractivity contribution is 5.79. The van der Waals surface area contributed by atoms with Crippen molar-refractivity contribution in [3.63, 3.8) is 0 Å². The molecule has 0 bridgehead atoms. The molecule has 0 aliphatic carbocycles. The van der Waals surface area contributed by atoms with Crippen molar-refractivity contribution in [3.05, 3.63) is 0 Å². The Hall–Kier alpha value is -0.610.